The first-order valence-electron chi connectivity index (χ1n) is 12.5. The Labute approximate surface area is 242 Å². The largest absolute Gasteiger partial charge is 0.354 e. The molecule has 0 spiro atoms. The molecule has 12 heteroatoms. The van der Waals surface area contributed by atoms with Crippen LogP contribution in [0, 0.1) is 16.0 Å². The Balaban J connectivity index is 2.05. The highest BCUT2D eigenvalue weighted by Gasteiger charge is 2.33. The van der Waals surface area contributed by atoms with Crippen LogP contribution in [0.25, 0.3) is 0 Å². The quantitative estimate of drug-likeness (QED) is 0.227. The lowest BCUT2D eigenvalue weighted by Gasteiger charge is -2.32. The van der Waals surface area contributed by atoms with Gasteiger partial charge in [0.25, 0.3) is 15.7 Å². The van der Waals surface area contributed by atoms with E-state index < -0.39 is 33.4 Å². The number of carbonyl (C=O) groups excluding carboxylic acids is 2. The third kappa shape index (κ3) is 7.89. The van der Waals surface area contributed by atoms with Gasteiger partial charge in [0.15, 0.2) is 0 Å². The number of anilines is 1. The standard InChI is InChI=1S/C28H31BrN4O6S/c1-20(2)17-30-28(35)21(3)31(18-22-9-7-10-23(29)15-22)27(34)19-32(24-11-8-12-25(16-24)33(36)37)40(38,39)26-13-5-4-6-14-26/h4-16,20-21H,17-19H2,1-3H3,(H,30,35). The van der Waals surface area contributed by atoms with Crippen molar-refractivity contribution in [2.75, 3.05) is 17.4 Å². The molecule has 2 amide bonds. The number of nitrogens with one attached hydrogen (secondary N) is 1. The summed E-state index contributed by atoms with van der Waals surface area (Å²) >= 11 is 3.41. The molecule has 212 valence electrons. The minimum absolute atomic E-state index is 0.0305. The summed E-state index contributed by atoms with van der Waals surface area (Å²) in [6, 6.07) is 18.9. The minimum atomic E-state index is -4.32. The van der Waals surface area contributed by atoms with Crippen molar-refractivity contribution in [2.45, 2.75) is 38.3 Å². The second kappa shape index (κ2) is 13.5. The number of amides is 2. The molecule has 0 radical (unpaired) electrons. The molecule has 0 fully saturated rings. The molecule has 0 heterocycles. The fourth-order valence-electron chi connectivity index (χ4n) is 3.88. The molecule has 10 nitrogen and oxygen atoms in total. The van der Waals surface area contributed by atoms with Gasteiger partial charge in [0.05, 0.1) is 15.5 Å². The first-order chi connectivity index (χ1) is 18.9. The Morgan fingerprint density at radius 1 is 0.975 bits per heavy atom. The van der Waals surface area contributed by atoms with Gasteiger partial charge in [0, 0.05) is 29.7 Å². The van der Waals surface area contributed by atoms with Crippen molar-refractivity contribution >= 4 is 49.1 Å². The fraction of sp³-hybridized carbons (Fsp3) is 0.286. The number of non-ortho nitro benzene ring substituents is 1. The number of hydrogen-bond acceptors (Lipinski definition) is 6. The molecule has 0 bridgehead atoms. The number of halogens is 1. The number of hydrogen-bond donors (Lipinski definition) is 1. The van der Waals surface area contributed by atoms with E-state index in [9.17, 15) is 28.1 Å². The summed E-state index contributed by atoms with van der Waals surface area (Å²) in [5.41, 5.74) is 0.343. The van der Waals surface area contributed by atoms with E-state index >= 15 is 0 Å². The molecule has 1 unspecified atom stereocenters. The first-order valence-corrected chi connectivity index (χ1v) is 14.8. The van der Waals surface area contributed by atoms with Gasteiger partial charge in [-0.3, -0.25) is 24.0 Å². The van der Waals surface area contributed by atoms with Crippen molar-refractivity contribution in [2.24, 2.45) is 5.92 Å². The van der Waals surface area contributed by atoms with E-state index in [-0.39, 0.29) is 34.6 Å². The normalized spacial score (nSPS) is 12.0. The molecule has 40 heavy (non-hydrogen) atoms. The summed E-state index contributed by atoms with van der Waals surface area (Å²) in [5, 5.41) is 14.3. The first kappa shape index (κ1) is 30.8. The lowest BCUT2D eigenvalue weighted by atomic mass is 10.1. The SMILES string of the molecule is CC(C)CNC(=O)C(C)N(Cc1cccc(Br)c1)C(=O)CN(c1cccc([N+](=O)[O-])c1)S(=O)(=O)c1ccccc1. The summed E-state index contributed by atoms with van der Waals surface area (Å²) in [6.45, 7) is 5.22. The average Bonchev–Trinajstić information content (AvgIpc) is 2.93. The van der Waals surface area contributed by atoms with Crippen LogP contribution in [0.1, 0.15) is 26.3 Å². The fourth-order valence-corrected chi connectivity index (χ4v) is 5.75. The van der Waals surface area contributed by atoms with Gasteiger partial charge in [-0.25, -0.2) is 8.42 Å². The van der Waals surface area contributed by atoms with Gasteiger partial charge in [-0.1, -0.05) is 66.2 Å². The van der Waals surface area contributed by atoms with Crippen LogP contribution < -0.4 is 9.62 Å². The third-order valence-corrected chi connectivity index (χ3v) is 8.31. The zero-order valence-electron chi connectivity index (χ0n) is 22.4. The maximum absolute atomic E-state index is 13.9. The van der Waals surface area contributed by atoms with E-state index in [1.807, 2.05) is 19.9 Å². The van der Waals surface area contributed by atoms with E-state index in [4.69, 9.17) is 0 Å². The van der Waals surface area contributed by atoms with Gasteiger partial charge in [0.1, 0.15) is 12.6 Å². The van der Waals surface area contributed by atoms with Gasteiger partial charge in [0.2, 0.25) is 11.8 Å². The Morgan fingerprint density at radius 2 is 1.65 bits per heavy atom. The second-order valence-corrected chi connectivity index (χ2v) is 12.3. The number of sulfonamides is 1. The van der Waals surface area contributed by atoms with E-state index in [1.54, 1.807) is 43.3 Å². The number of carbonyl (C=O) groups is 2. The van der Waals surface area contributed by atoms with E-state index in [0.29, 0.717) is 6.54 Å². The maximum Gasteiger partial charge on any atom is 0.271 e. The zero-order chi connectivity index (χ0) is 29.4. The van der Waals surface area contributed by atoms with Crippen LogP contribution in [0.2, 0.25) is 0 Å². The van der Waals surface area contributed by atoms with Gasteiger partial charge < -0.3 is 10.2 Å². The Kier molecular flexibility index (Phi) is 10.4. The van der Waals surface area contributed by atoms with Crippen molar-refractivity contribution in [3.05, 3.63) is 99.0 Å². The number of rotatable bonds is 12. The molecule has 0 saturated heterocycles. The molecule has 1 N–H and O–H groups in total. The van der Waals surface area contributed by atoms with Gasteiger partial charge in [-0.2, -0.15) is 0 Å². The summed E-state index contributed by atoms with van der Waals surface area (Å²) in [6.07, 6.45) is 0. The number of nitro groups is 1. The van der Waals surface area contributed by atoms with Crippen LogP contribution in [0.5, 0.6) is 0 Å². The maximum atomic E-state index is 13.9. The average molecular weight is 632 g/mol. The van der Waals surface area contributed by atoms with Crippen LogP contribution >= 0.6 is 15.9 Å². The van der Waals surface area contributed by atoms with Crippen LogP contribution in [0.4, 0.5) is 11.4 Å². The number of benzene rings is 3. The molecule has 0 aliphatic heterocycles. The Morgan fingerprint density at radius 3 is 2.27 bits per heavy atom. The molecular weight excluding hydrogens is 600 g/mol. The van der Waals surface area contributed by atoms with Crippen molar-refractivity contribution in [1.29, 1.82) is 0 Å². The molecule has 0 saturated carbocycles. The third-order valence-electron chi connectivity index (χ3n) is 6.03. The van der Waals surface area contributed by atoms with E-state index in [2.05, 4.69) is 21.2 Å². The van der Waals surface area contributed by atoms with Crippen molar-refractivity contribution in [3.8, 4) is 0 Å². The van der Waals surface area contributed by atoms with E-state index in [1.165, 1.54) is 35.2 Å². The summed E-state index contributed by atoms with van der Waals surface area (Å²) in [4.78, 5) is 38.9. The minimum Gasteiger partial charge on any atom is -0.354 e. The predicted octanol–water partition coefficient (Wildman–Crippen LogP) is 4.74. The van der Waals surface area contributed by atoms with Gasteiger partial charge in [-0.05, 0) is 48.7 Å². The summed E-state index contributed by atoms with van der Waals surface area (Å²) in [5.74, 6) is -0.853. The molecule has 0 aliphatic rings. The lowest BCUT2D eigenvalue weighted by Crippen LogP contribution is -2.51. The molecule has 3 rings (SSSR count). The highest BCUT2D eigenvalue weighted by atomic mass is 79.9. The molecular formula is C28H31BrN4O6S. The van der Waals surface area contributed by atoms with Crippen LogP contribution in [0.3, 0.4) is 0 Å². The topological polar surface area (TPSA) is 130 Å². The zero-order valence-corrected chi connectivity index (χ0v) is 24.8. The number of nitrogens with zero attached hydrogens (tertiary/aromatic N) is 3. The smallest absolute Gasteiger partial charge is 0.271 e. The summed E-state index contributed by atoms with van der Waals surface area (Å²) in [7, 11) is -4.32. The van der Waals surface area contributed by atoms with Crippen LogP contribution in [-0.2, 0) is 26.2 Å². The highest BCUT2D eigenvalue weighted by Crippen LogP contribution is 2.27. The monoisotopic (exact) mass is 630 g/mol. The number of nitro benzene ring substituents is 1. The van der Waals surface area contributed by atoms with Crippen molar-refractivity contribution in [3.63, 3.8) is 0 Å². The van der Waals surface area contributed by atoms with E-state index in [0.717, 1.165) is 20.4 Å². The molecule has 3 aromatic carbocycles. The second-order valence-electron chi connectivity index (χ2n) is 9.57. The van der Waals surface area contributed by atoms with Crippen molar-refractivity contribution < 1.29 is 22.9 Å². The molecule has 0 aromatic heterocycles. The lowest BCUT2D eigenvalue weighted by molar-refractivity contribution is -0.384. The predicted molar refractivity (Wildman–Crippen MR) is 156 cm³/mol. The molecule has 3 aromatic rings. The Hall–Kier alpha value is -3.77. The molecule has 0 aliphatic carbocycles. The highest BCUT2D eigenvalue weighted by molar-refractivity contribution is 9.10. The van der Waals surface area contributed by atoms with Gasteiger partial charge in [-0.15, -0.1) is 0 Å². The van der Waals surface area contributed by atoms with Crippen LogP contribution in [0.15, 0.2) is 88.2 Å². The summed E-state index contributed by atoms with van der Waals surface area (Å²) < 4.78 is 29.1. The molecule has 1 atom stereocenters. The van der Waals surface area contributed by atoms with Gasteiger partial charge >= 0.3 is 0 Å². The Bertz CT molecular complexity index is 1470. The van der Waals surface area contributed by atoms with Crippen molar-refractivity contribution in [1.82, 2.24) is 10.2 Å². The van der Waals surface area contributed by atoms with Crippen LogP contribution in [-0.4, -0.2) is 49.2 Å².